The van der Waals surface area contributed by atoms with Gasteiger partial charge in [0.2, 0.25) is 5.89 Å². The molecular formula is C13H23N3OS. The SMILES string of the molecule is CC(C)SCc1noc(C2CCCCC2CN)n1. The monoisotopic (exact) mass is 269 g/mol. The molecule has 1 heterocycles. The third kappa shape index (κ3) is 3.48. The van der Waals surface area contributed by atoms with Crippen molar-refractivity contribution in [2.24, 2.45) is 11.7 Å². The zero-order valence-electron chi connectivity index (χ0n) is 11.3. The van der Waals surface area contributed by atoms with Gasteiger partial charge in [-0.1, -0.05) is 31.8 Å². The van der Waals surface area contributed by atoms with E-state index in [0.29, 0.717) is 17.1 Å². The fourth-order valence-corrected chi connectivity index (χ4v) is 3.13. The van der Waals surface area contributed by atoms with Crippen molar-refractivity contribution in [1.82, 2.24) is 10.1 Å². The number of rotatable bonds is 5. The normalized spacial score (nSPS) is 24.7. The Kier molecular flexibility index (Phi) is 5.06. The van der Waals surface area contributed by atoms with E-state index in [-0.39, 0.29) is 0 Å². The molecule has 2 N–H and O–H groups in total. The summed E-state index contributed by atoms with van der Waals surface area (Å²) >= 11 is 1.84. The Bertz CT molecular complexity index is 367. The summed E-state index contributed by atoms with van der Waals surface area (Å²) in [4.78, 5) is 4.55. The topological polar surface area (TPSA) is 64.9 Å². The molecule has 2 atom stereocenters. The van der Waals surface area contributed by atoms with Gasteiger partial charge in [0.15, 0.2) is 5.82 Å². The molecule has 0 saturated heterocycles. The quantitative estimate of drug-likeness (QED) is 0.890. The Hall–Kier alpha value is -0.550. The Balaban J connectivity index is 1.99. The van der Waals surface area contributed by atoms with Crippen LogP contribution in [0.2, 0.25) is 0 Å². The standard InChI is InChI=1S/C13H23N3OS/c1-9(2)18-8-12-15-13(17-16-12)11-6-4-3-5-10(11)7-14/h9-11H,3-8,14H2,1-2H3. The maximum Gasteiger partial charge on any atom is 0.230 e. The molecule has 1 aliphatic rings. The first-order valence-corrected chi connectivity index (χ1v) is 7.89. The molecule has 1 aromatic heterocycles. The van der Waals surface area contributed by atoms with Crippen molar-refractivity contribution in [3.05, 3.63) is 11.7 Å². The van der Waals surface area contributed by atoms with E-state index in [1.165, 1.54) is 19.3 Å². The number of aromatic nitrogens is 2. The molecule has 0 aliphatic heterocycles. The van der Waals surface area contributed by atoms with Crippen LogP contribution in [0, 0.1) is 5.92 Å². The van der Waals surface area contributed by atoms with Crippen LogP contribution in [-0.4, -0.2) is 21.9 Å². The lowest BCUT2D eigenvalue weighted by Gasteiger charge is -2.27. The minimum Gasteiger partial charge on any atom is -0.339 e. The van der Waals surface area contributed by atoms with Crippen molar-refractivity contribution in [3.8, 4) is 0 Å². The Morgan fingerprint density at radius 1 is 1.39 bits per heavy atom. The van der Waals surface area contributed by atoms with Crippen LogP contribution in [0.15, 0.2) is 4.52 Å². The van der Waals surface area contributed by atoms with Gasteiger partial charge in [-0.3, -0.25) is 0 Å². The minimum absolute atomic E-state index is 0.383. The van der Waals surface area contributed by atoms with Gasteiger partial charge in [0.25, 0.3) is 0 Å². The van der Waals surface area contributed by atoms with Crippen LogP contribution in [0.5, 0.6) is 0 Å². The maximum atomic E-state index is 5.84. The van der Waals surface area contributed by atoms with Crippen molar-refractivity contribution < 1.29 is 4.52 Å². The molecule has 0 bridgehead atoms. The van der Waals surface area contributed by atoms with Crippen LogP contribution < -0.4 is 5.73 Å². The highest BCUT2D eigenvalue weighted by Crippen LogP contribution is 2.36. The zero-order valence-corrected chi connectivity index (χ0v) is 12.1. The van der Waals surface area contributed by atoms with Crippen LogP contribution in [0.1, 0.15) is 57.2 Å². The highest BCUT2D eigenvalue weighted by molar-refractivity contribution is 7.99. The number of thioether (sulfide) groups is 1. The van der Waals surface area contributed by atoms with Gasteiger partial charge < -0.3 is 10.3 Å². The summed E-state index contributed by atoms with van der Waals surface area (Å²) in [6.07, 6.45) is 4.86. The Labute approximate surface area is 113 Å². The van der Waals surface area contributed by atoms with E-state index in [1.807, 2.05) is 11.8 Å². The van der Waals surface area contributed by atoms with Crippen LogP contribution in [0.3, 0.4) is 0 Å². The summed E-state index contributed by atoms with van der Waals surface area (Å²) in [5.41, 5.74) is 5.84. The lowest BCUT2D eigenvalue weighted by molar-refractivity contribution is 0.249. The second kappa shape index (κ2) is 6.57. The lowest BCUT2D eigenvalue weighted by atomic mass is 9.79. The minimum atomic E-state index is 0.383. The molecule has 0 aromatic carbocycles. The van der Waals surface area contributed by atoms with Gasteiger partial charge in [-0.2, -0.15) is 16.7 Å². The van der Waals surface area contributed by atoms with Crippen LogP contribution in [0.4, 0.5) is 0 Å². The first kappa shape index (κ1) is 13.9. The van der Waals surface area contributed by atoms with E-state index in [1.54, 1.807) is 0 Å². The van der Waals surface area contributed by atoms with Gasteiger partial charge in [0, 0.05) is 5.92 Å². The largest absolute Gasteiger partial charge is 0.339 e. The molecule has 2 unspecified atom stereocenters. The number of hydrogen-bond acceptors (Lipinski definition) is 5. The van der Waals surface area contributed by atoms with Gasteiger partial charge in [-0.15, -0.1) is 0 Å². The van der Waals surface area contributed by atoms with Gasteiger partial charge in [0.05, 0.1) is 5.75 Å². The van der Waals surface area contributed by atoms with Crippen molar-refractivity contribution in [1.29, 1.82) is 0 Å². The first-order chi connectivity index (χ1) is 8.70. The Morgan fingerprint density at radius 3 is 2.89 bits per heavy atom. The molecule has 1 aromatic rings. The van der Waals surface area contributed by atoms with Crippen molar-refractivity contribution in [2.75, 3.05) is 6.54 Å². The molecule has 0 amide bonds. The van der Waals surface area contributed by atoms with Gasteiger partial charge >= 0.3 is 0 Å². The Morgan fingerprint density at radius 2 is 2.17 bits per heavy atom. The summed E-state index contributed by atoms with van der Waals surface area (Å²) in [6.45, 7) is 5.08. The van der Waals surface area contributed by atoms with E-state index in [2.05, 4.69) is 24.0 Å². The lowest BCUT2D eigenvalue weighted by Crippen LogP contribution is -2.25. The van der Waals surface area contributed by atoms with E-state index in [0.717, 1.165) is 30.4 Å². The zero-order chi connectivity index (χ0) is 13.0. The van der Waals surface area contributed by atoms with E-state index in [9.17, 15) is 0 Å². The molecule has 0 radical (unpaired) electrons. The van der Waals surface area contributed by atoms with Crippen LogP contribution in [0.25, 0.3) is 0 Å². The van der Waals surface area contributed by atoms with Crippen LogP contribution >= 0.6 is 11.8 Å². The summed E-state index contributed by atoms with van der Waals surface area (Å²) in [5.74, 6) is 3.37. The molecule has 1 saturated carbocycles. The third-order valence-corrected chi connectivity index (χ3v) is 4.65. The highest BCUT2D eigenvalue weighted by atomic mass is 32.2. The van der Waals surface area contributed by atoms with E-state index < -0.39 is 0 Å². The first-order valence-electron chi connectivity index (χ1n) is 6.85. The van der Waals surface area contributed by atoms with Crippen molar-refractivity contribution in [3.63, 3.8) is 0 Å². The average molecular weight is 269 g/mol. The number of nitrogens with zero attached hydrogens (tertiary/aromatic N) is 2. The van der Waals surface area contributed by atoms with E-state index in [4.69, 9.17) is 10.3 Å². The predicted octanol–water partition coefficient (Wildman–Crippen LogP) is 2.94. The smallest absolute Gasteiger partial charge is 0.230 e. The predicted molar refractivity (Wildman–Crippen MR) is 74.5 cm³/mol. The molecule has 2 rings (SSSR count). The molecule has 102 valence electrons. The third-order valence-electron chi connectivity index (χ3n) is 3.56. The molecule has 1 fully saturated rings. The second-order valence-corrected chi connectivity index (χ2v) is 6.86. The molecule has 4 nitrogen and oxygen atoms in total. The van der Waals surface area contributed by atoms with Gasteiger partial charge in [-0.25, -0.2) is 0 Å². The summed E-state index contributed by atoms with van der Waals surface area (Å²) in [5, 5.41) is 4.68. The van der Waals surface area contributed by atoms with Crippen LogP contribution in [-0.2, 0) is 5.75 Å². The summed E-state index contributed by atoms with van der Waals surface area (Å²) in [6, 6.07) is 0. The molecule has 0 spiro atoms. The van der Waals surface area contributed by atoms with Crippen molar-refractivity contribution in [2.45, 2.75) is 56.5 Å². The number of hydrogen-bond donors (Lipinski definition) is 1. The number of nitrogens with two attached hydrogens (primary N) is 1. The van der Waals surface area contributed by atoms with Gasteiger partial charge in [-0.05, 0) is 30.6 Å². The summed E-state index contributed by atoms with van der Waals surface area (Å²) < 4.78 is 5.44. The molecule has 18 heavy (non-hydrogen) atoms. The fourth-order valence-electron chi connectivity index (χ4n) is 2.53. The summed E-state index contributed by atoms with van der Waals surface area (Å²) in [7, 11) is 0. The van der Waals surface area contributed by atoms with Crippen molar-refractivity contribution >= 4 is 11.8 Å². The molecular weight excluding hydrogens is 246 g/mol. The highest BCUT2D eigenvalue weighted by Gasteiger charge is 2.29. The van der Waals surface area contributed by atoms with E-state index >= 15 is 0 Å². The maximum absolute atomic E-state index is 5.84. The second-order valence-electron chi connectivity index (χ2n) is 5.30. The fraction of sp³-hybridized carbons (Fsp3) is 0.846. The average Bonchev–Trinajstić information content (AvgIpc) is 2.85. The molecule has 1 aliphatic carbocycles. The molecule has 5 heteroatoms. The van der Waals surface area contributed by atoms with Gasteiger partial charge in [0.1, 0.15) is 0 Å².